The van der Waals surface area contributed by atoms with Gasteiger partial charge in [0.1, 0.15) is 0 Å². The lowest BCUT2D eigenvalue weighted by Gasteiger charge is -2.21. The zero-order chi connectivity index (χ0) is 14.4. The number of nitrogens with one attached hydrogen (secondary N) is 1. The Labute approximate surface area is 125 Å². The summed E-state index contributed by atoms with van der Waals surface area (Å²) >= 11 is 1.98. The monoisotopic (exact) mass is 292 g/mol. The third-order valence-corrected chi connectivity index (χ3v) is 5.03. The quantitative estimate of drug-likeness (QED) is 0.870. The molecule has 1 saturated carbocycles. The van der Waals surface area contributed by atoms with Gasteiger partial charge in [-0.25, -0.2) is 0 Å². The van der Waals surface area contributed by atoms with E-state index in [2.05, 4.69) is 17.4 Å². The van der Waals surface area contributed by atoms with Crippen LogP contribution in [0.15, 0.2) is 23.1 Å². The van der Waals surface area contributed by atoms with Crippen molar-refractivity contribution < 1.29 is 4.79 Å². The summed E-state index contributed by atoms with van der Waals surface area (Å²) in [7, 11) is 0. The molecule has 3 nitrogen and oxygen atoms in total. The first-order valence-corrected chi connectivity index (χ1v) is 8.34. The molecule has 0 aliphatic heterocycles. The van der Waals surface area contributed by atoms with E-state index in [9.17, 15) is 4.79 Å². The van der Waals surface area contributed by atoms with Crippen molar-refractivity contribution in [3.8, 4) is 0 Å². The van der Waals surface area contributed by atoms with Gasteiger partial charge in [0.2, 0.25) is 5.91 Å². The average molecular weight is 292 g/mol. The molecule has 110 valence electrons. The van der Waals surface area contributed by atoms with Crippen LogP contribution < -0.4 is 11.1 Å². The van der Waals surface area contributed by atoms with E-state index in [1.54, 1.807) is 0 Å². The molecule has 20 heavy (non-hydrogen) atoms. The zero-order valence-electron chi connectivity index (χ0n) is 12.2. The molecular weight excluding hydrogens is 268 g/mol. The Morgan fingerprint density at radius 1 is 1.35 bits per heavy atom. The number of rotatable bonds is 5. The number of thioether (sulfide) groups is 1. The Hall–Kier alpha value is -1.00. The van der Waals surface area contributed by atoms with Gasteiger partial charge in [-0.1, -0.05) is 19.3 Å². The first kappa shape index (κ1) is 15.4. The van der Waals surface area contributed by atoms with Crippen LogP contribution in [-0.2, 0) is 4.79 Å². The maximum absolute atomic E-state index is 11.6. The average Bonchev–Trinajstić information content (AvgIpc) is 2.43. The van der Waals surface area contributed by atoms with Gasteiger partial charge < -0.3 is 11.1 Å². The smallest absolute Gasteiger partial charge is 0.225 e. The molecule has 0 aromatic heterocycles. The predicted octanol–water partition coefficient (Wildman–Crippen LogP) is 3.71. The summed E-state index contributed by atoms with van der Waals surface area (Å²) in [4.78, 5) is 12.9. The molecular formula is C16H24N2OS. The van der Waals surface area contributed by atoms with Crippen molar-refractivity contribution in [2.24, 2.45) is 5.73 Å². The van der Waals surface area contributed by atoms with Crippen LogP contribution in [0.5, 0.6) is 0 Å². The van der Waals surface area contributed by atoms with Crippen molar-refractivity contribution in [1.29, 1.82) is 0 Å². The van der Waals surface area contributed by atoms with Crippen LogP contribution in [0.1, 0.15) is 44.1 Å². The highest BCUT2D eigenvalue weighted by molar-refractivity contribution is 8.00. The SMILES string of the molecule is Cc1cc(SC2CCCCC2)ccc1NC(=O)CCN. The fourth-order valence-electron chi connectivity index (χ4n) is 2.57. The normalized spacial score (nSPS) is 16.1. The molecule has 1 amide bonds. The molecule has 0 spiro atoms. The Morgan fingerprint density at radius 3 is 2.75 bits per heavy atom. The minimum Gasteiger partial charge on any atom is -0.330 e. The first-order chi connectivity index (χ1) is 9.69. The number of carbonyl (C=O) groups excluding carboxylic acids is 1. The van der Waals surface area contributed by atoms with Crippen LogP contribution in [0.4, 0.5) is 5.69 Å². The van der Waals surface area contributed by atoms with Crippen molar-refractivity contribution in [3.63, 3.8) is 0 Å². The molecule has 1 aromatic carbocycles. The fourth-order valence-corrected chi connectivity index (χ4v) is 3.91. The molecule has 0 radical (unpaired) electrons. The van der Waals surface area contributed by atoms with Gasteiger partial charge in [-0.15, -0.1) is 11.8 Å². The minimum atomic E-state index is -0.0108. The summed E-state index contributed by atoms with van der Waals surface area (Å²) < 4.78 is 0. The standard InChI is InChI=1S/C16H24N2OS/c1-12-11-14(20-13-5-3-2-4-6-13)7-8-15(12)18-16(19)9-10-17/h7-8,11,13H,2-6,9-10,17H2,1H3,(H,18,19). The van der Waals surface area contributed by atoms with Crippen LogP contribution in [0.3, 0.4) is 0 Å². The van der Waals surface area contributed by atoms with E-state index in [0.29, 0.717) is 13.0 Å². The third kappa shape index (κ3) is 4.53. The highest BCUT2D eigenvalue weighted by Crippen LogP contribution is 2.34. The van der Waals surface area contributed by atoms with Crippen molar-refractivity contribution in [1.82, 2.24) is 0 Å². The highest BCUT2D eigenvalue weighted by Gasteiger charge is 2.15. The van der Waals surface area contributed by atoms with E-state index in [1.807, 2.05) is 24.8 Å². The summed E-state index contributed by atoms with van der Waals surface area (Å²) in [5, 5.41) is 3.68. The van der Waals surface area contributed by atoms with Crippen LogP contribution in [0.25, 0.3) is 0 Å². The Morgan fingerprint density at radius 2 is 2.10 bits per heavy atom. The molecule has 3 N–H and O–H groups in total. The third-order valence-electron chi connectivity index (χ3n) is 3.70. The van der Waals surface area contributed by atoms with Crippen LogP contribution >= 0.6 is 11.8 Å². The van der Waals surface area contributed by atoms with Crippen molar-refractivity contribution in [2.75, 3.05) is 11.9 Å². The van der Waals surface area contributed by atoms with Gasteiger partial charge in [-0.2, -0.15) is 0 Å². The summed E-state index contributed by atoms with van der Waals surface area (Å²) in [6.07, 6.45) is 7.16. The lowest BCUT2D eigenvalue weighted by atomic mass is 10.0. The maximum atomic E-state index is 11.6. The van der Waals surface area contributed by atoms with Gasteiger partial charge in [0.15, 0.2) is 0 Å². The van der Waals surface area contributed by atoms with Gasteiger partial charge in [0.05, 0.1) is 0 Å². The van der Waals surface area contributed by atoms with E-state index in [1.165, 1.54) is 37.0 Å². The van der Waals surface area contributed by atoms with Crippen LogP contribution in [-0.4, -0.2) is 17.7 Å². The molecule has 4 heteroatoms. The minimum absolute atomic E-state index is 0.0108. The lowest BCUT2D eigenvalue weighted by molar-refractivity contribution is -0.116. The van der Waals surface area contributed by atoms with E-state index in [-0.39, 0.29) is 5.91 Å². The molecule has 1 aliphatic rings. The summed E-state index contributed by atoms with van der Waals surface area (Å²) in [5.74, 6) is -0.0108. The molecule has 1 fully saturated rings. The molecule has 0 bridgehead atoms. The summed E-state index contributed by atoms with van der Waals surface area (Å²) in [6, 6.07) is 6.30. The molecule has 2 rings (SSSR count). The van der Waals surface area contributed by atoms with Gasteiger partial charge in [-0.3, -0.25) is 4.79 Å². The lowest BCUT2D eigenvalue weighted by Crippen LogP contribution is -2.16. The second-order valence-electron chi connectivity index (χ2n) is 5.44. The largest absolute Gasteiger partial charge is 0.330 e. The van der Waals surface area contributed by atoms with Gasteiger partial charge >= 0.3 is 0 Å². The summed E-state index contributed by atoms with van der Waals surface area (Å²) in [5.41, 5.74) is 7.41. The topological polar surface area (TPSA) is 55.1 Å². The number of anilines is 1. The van der Waals surface area contributed by atoms with Crippen molar-refractivity contribution >= 4 is 23.4 Å². The van der Waals surface area contributed by atoms with E-state index < -0.39 is 0 Å². The zero-order valence-corrected chi connectivity index (χ0v) is 13.0. The Kier molecular flexibility index (Phi) is 5.92. The molecule has 1 aliphatic carbocycles. The fraction of sp³-hybridized carbons (Fsp3) is 0.562. The number of hydrogen-bond acceptors (Lipinski definition) is 3. The van der Waals surface area contributed by atoms with Gasteiger partial charge in [0, 0.05) is 28.8 Å². The molecule has 0 heterocycles. The highest BCUT2D eigenvalue weighted by atomic mass is 32.2. The van der Waals surface area contributed by atoms with E-state index in [0.717, 1.165) is 16.5 Å². The number of hydrogen-bond donors (Lipinski definition) is 2. The van der Waals surface area contributed by atoms with E-state index in [4.69, 9.17) is 5.73 Å². The van der Waals surface area contributed by atoms with Crippen molar-refractivity contribution in [2.45, 2.75) is 55.6 Å². The molecule has 1 aromatic rings. The van der Waals surface area contributed by atoms with Crippen molar-refractivity contribution in [3.05, 3.63) is 23.8 Å². The first-order valence-electron chi connectivity index (χ1n) is 7.46. The number of aryl methyl sites for hydroxylation is 1. The van der Waals surface area contributed by atoms with Gasteiger partial charge in [-0.05, 0) is 43.5 Å². The molecule has 0 atom stereocenters. The Bertz CT molecular complexity index is 456. The number of amides is 1. The number of carbonyl (C=O) groups is 1. The summed E-state index contributed by atoms with van der Waals surface area (Å²) in [6.45, 7) is 2.43. The van der Waals surface area contributed by atoms with Crippen LogP contribution in [0, 0.1) is 6.92 Å². The number of nitrogens with two attached hydrogens (primary N) is 1. The van der Waals surface area contributed by atoms with Gasteiger partial charge in [0.25, 0.3) is 0 Å². The second-order valence-corrected chi connectivity index (χ2v) is 6.82. The predicted molar refractivity (Wildman–Crippen MR) is 86.2 cm³/mol. The van der Waals surface area contributed by atoms with E-state index >= 15 is 0 Å². The molecule has 0 saturated heterocycles. The second kappa shape index (κ2) is 7.70. The number of benzene rings is 1. The molecule has 0 unspecified atom stereocenters. The maximum Gasteiger partial charge on any atom is 0.225 e. The Balaban J connectivity index is 1.96. The van der Waals surface area contributed by atoms with Crippen LogP contribution in [0.2, 0.25) is 0 Å².